The van der Waals surface area contributed by atoms with Crippen LogP contribution in [0.15, 0.2) is 24.4 Å². The van der Waals surface area contributed by atoms with Crippen molar-refractivity contribution in [1.29, 1.82) is 0 Å². The molecule has 2 rings (SSSR count). The summed E-state index contributed by atoms with van der Waals surface area (Å²) in [6, 6.07) is 5.97. The Morgan fingerprint density at radius 2 is 2.29 bits per heavy atom. The maximum atomic E-state index is 5.96. The van der Waals surface area contributed by atoms with Crippen molar-refractivity contribution in [1.82, 2.24) is 4.98 Å². The molecule has 1 heterocycles. The number of aromatic nitrogens is 1. The van der Waals surface area contributed by atoms with Crippen LogP contribution >= 0.6 is 23.4 Å². The van der Waals surface area contributed by atoms with Gasteiger partial charge in [-0.1, -0.05) is 18.5 Å². The molecule has 0 aliphatic heterocycles. The van der Waals surface area contributed by atoms with Gasteiger partial charge in [-0.3, -0.25) is 0 Å². The van der Waals surface area contributed by atoms with E-state index in [1.807, 2.05) is 30.0 Å². The molecule has 1 N–H and O–H groups in total. The number of hydrogen-bond donors (Lipinski definition) is 1. The first-order valence-electron chi connectivity index (χ1n) is 4.64. The van der Waals surface area contributed by atoms with Crippen LogP contribution in [0, 0.1) is 0 Å². The smallest absolute Gasteiger partial charge is 0.0458 e. The summed E-state index contributed by atoms with van der Waals surface area (Å²) in [5.41, 5.74) is 2.51. The lowest BCUT2D eigenvalue weighted by Crippen LogP contribution is -1.77. The zero-order valence-electron chi connectivity index (χ0n) is 8.01. The van der Waals surface area contributed by atoms with Gasteiger partial charge in [0.15, 0.2) is 0 Å². The Morgan fingerprint density at radius 3 is 3.07 bits per heavy atom. The summed E-state index contributed by atoms with van der Waals surface area (Å²) in [7, 11) is 0. The maximum absolute atomic E-state index is 5.96. The van der Waals surface area contributed by atoms with Crippen LogP contribution in [-0.2, 0) is 5.75 Å². The third-order valence-corrected chi connectivity index (χ3v) is 3.35. The fourth-order valence-electron chi connectivity index (χ4n) is 1.48. The van der Waals surface area contributed by atoms with Crippen LogP contribution in [0.4, 0.5) is 0 Å². The summed E-state index contributed by atoms with van der Waals surface area (Å²) in [4.78, 5) is 3.25. The Balaban J connectivity index is 2.40. The van der Waals surface area contributed by atoms with Gasteiger partial charge >= 0.3 is 0 Å². The van der Waals surface area contributed by atoms with Crippen molar-refractivity contribution in [3.8, 4) is 0 Å². The van der Waals surface area contributed by atoms with Crippen LogP contribution in [0.1, 0.15) is 12.5 Å². The summed E-state index contributed by atoms with van der Waals surface area (Å²) in [5.74, 6) is 2.20. The number of aromatic amines is 1. The molecular weight excluding hydrogens is 214 g/mol. The van der Waals surface area contributed by atoms with E-state index >= 15 is 0 Å². The molecule has 0 unspecified atom stereocenters. The number of hydrogen-bond acceptors (Lipinski definition) is 1. The Labute approximate surface area is 92.8 Å². The van der Waals surface area contributed by atoms with Gasteiger partial charge in [0, 0.05) is 27.9 Å². The van der Waals surface area contributed by atoms with Gasteiger partial charge < -0.3 is 4.98 Å². The number of fused-ring (bicyclic) bond motifs is 1. The van der Waals surface area contributed by atoms with Crippen molar-refractivity contribution in [3.05, 3.63) is 35.0 Å². The van der Waals surface area contributed by atoms with Crippen molar-refractivity contribution < 1.29 is 0 Å². The second-order valence-electron chi connectivity index (χ2n) is 3.14. The van der Waals surface area contributed by atoms with Gasteiger partial charge in [0.25, 0.3) is 0 Å². The molecule has 1 nitrogen and oxygen atoms in total. The van der Waals surface area contributed by atoms with E-state index in [0.717, 1.165) is 16.5 Å². The van der Waals surface area contributed by atoms with Crippen LogP contribution in [0.5, 0.6) is 0 Å². The molecular formula is C11H12ClNS. The molecule has 0 spiro atoms. The molecule has 2 aromatic rings. The first-order chi connectivity index (χ1) is 6.81. The standard InChI is InChI=1S/C11H12ClNS/c1-2-14-7-8-6-13-11-4-3-9(12)5-10(8)11/h3-6,13H,2,7H2,1H3. The van der Waals surface area contributed by atoms with Crippen molar-refractivity contribution in [2.24, 2.45) is 0 Å². The highest BCUT2D eigenvalue weighted by Crippen LogP contribution is 2.25. The van der Waals surface area contributed by atoms with Crippen molar-refractivity contribution in [2.45, 2.75) is 12.7 Å². The predicted molar refractivity (Wildman–Crippen MR) is 65.1 cm³/mol. The third kappa shape index (κ3) is 1.91. The van der Waals surface area contributed by atoms with Crippen LogP contribution in [0.2, 0.25) is 5.02 Å². The molecule has 0 saturated heterocycles. The number of halogens is 1. The van der Waals surface area contributed by atoms with E-state index in [-0.39, 0.29) is 0 Å². The number of benzene rings is 1. The van der Waals surface area contributed by atoms with E-state index in [4.69, 9.17) is 11.6 Å². The lowest BCUT2D eigenvalue weighted by atomic mass is 10.2. The third-order valence-electron chi connectivity index (χ3n) is 2.19. The van der Waals surface area contributed by atoms with Gasteiger partial charge in [0.2, 0.25) is 0 Å². The van der Waals surface area contributed by atoms with E-state index < -0.39 is 0 Å². The largest absolute Gasteiger partial charge is 0.361 e. The second kappa shape index (κ2) is 4.28. The Morgan fingerprint density at radius 1 is 1.43 bits per heavy atom. The van der Waals surface area contributed by atoms with Gasteiger partial charge in [-0.05, 0) is 29.5 Å². The molecule has 0 aliphatic carbocycles. The average Bonchev–Trinajstić information content (AvgIpc) is 2.57. The molecule has 1 aromatic carbocycles. The summed E-state index contributed by atoms with van der Waals surface area (Å²) in [5, 5.41) is 2.05. The Kier molecular flexibility index (Phi) is 3.04. The molecule has 74 valence electrons. The van der Waals surface area contributed by atoms with Crippen molar-refractivity contribution in [2.75, 3.05) is 5.75 Å². The van der Waals surface area contributed by atoms with Gasteiger partial charge in [-0.2, -0.15) is 11.8 Å². The molecule has 0 bridgehead atoms. The minimum absolute atomic E-state index is 0.805. The number of rotatable bonds is 3. The molecule has 0 saturated carbocycles. The fraction of sp³-hybridized carbons (Fsp3) is 0.273. The molecule has 1 aromatic heterocycles. The number of thioether (sulfide) groups is 1. The topological polar surface area (TPSA) is 15.8 Å². The van der Waals surface area contributed by atoms with Gasteiger partial charge in [0.05, 0.1) is 0 Å². The molecule has 0 amide bonds. The molecule has 3 heteroatoms. The first kappa shape index (κ1) is 9.94. The van der Waals surface area contributed by atoms with Crippen molar-refractivity contribution in [3.63, 3.8) is 0 Å². The number of nitrogens with one attached hydrogen (secondary N) is 1. The highest BCUT2D eigenvalue weighted by atomic mass is 35.5. The lowest BCUT2D eigenvalue weighted by molar-refractivity contribution is 1.39. The summed E-state index contributed by atoms with van der Waals surface area (Å²) in [6.07, 6.45) is 2.07. The van der Waals surface area contributed by atoms with Gasteiger partial charge in [0.1, 0.15) is 0 Å². The van der Waals surface area contributed by atoms with E-state index in [0.29, 0.717) is 0 Å². The van der Waals surface area contributed by atoms with E-state index in [1.54, 1.807) is 0 Å². The summed E-state index contributed by atoms with van der Waals surface area (Å²) >= 11 is 7.88. The Bertz CT molecular complexity index is 436. The average molecular weight is 226 g/mol. The zero-order chi connectivity index (χ0) is 9.97. The van der Waals surface area contributed by atoms with Gasteiger partial charge in [-0.15, -0.1) is 0 Å². The minimum Gasteiger partial charge on any atom is -0.361 e. The highest BCUT2D eigenvalue weighted by Gasteiger charge is 2.03. The second-order valence-corrected chi connectivity index (χ2v) is 4.85. The molecule has 0 atom stereocenters. The predicted octanol–water partition coefficient (Wildman–Crippen LogP) is 4.07. The SMILES string of the molecule is CCSCc1c[nH]c2ccc(Cl)cc12. The van der Waals surface area contributed by atoms with E-state index in [9.17, 15) is 0 Å². The van der Waals surface area contributed by atoms with Gasteiger partial charge in [-0.25, -0.2) is 0 Å². The van der Waals surface area contributed by atoms with Crippen LogP contribution in [0.25, 0.3) is 10.9 Å². The lowest BCUT2D eigenvalue weighted by Gasteiger charge is -1.97. The van der Waals surface area contributed by atoms with E-state index in [1.165, 1.54) is 16.5 Å². The fourth-order valence-corrected chi connectivity index (χ4v) is 2.32. The molecule has 0 radical (unpaired) electrons. The van der Waals surface area contributed by atoms with Crippen LogP contribution < -0.4 is 0 Å². The molecule has 0 aliphatic rings. The molecule has 14 heavy (non-hydrogen) atoms. The van der Waals surface area contributed by atoms with E-state index in [2.05, 4.69) is 18.1 Å². The monoisotopic (exact) mass is 225 g/mol. The van der Waals surface area contributed by atoms with Crippen molar-refractivity contribution >= 4 is 34.3 Å². The zero-order valence-corrected chi connectivity index (χ0v) is 9.58. The quantitative estimate of drug-likeness (QED) is 0.833. The highest BCUT2D eigenvalue weighted by molar-refractivity contribution is 7.98. The minimum atomic E-state index is 0.805. The summed E-state index contributed by atoms with van der Waals surface area (Å²) in [6.45, 7) is 2.17. The van der Waals surface area contributed by atoms with Crippen LogP contribution in [-0.4, -0.2) is 10.7 Å². The maximum Gasteiger partial charge on any atom is 0.0458 e. The van der Waals surface area contributed by atoms with Crippen LogP contribution in [0.3, 0.4) is 0 Å². The number of H-pyrrole nitrogens is 1. The normalized spacial score (nSPS) is 11.0. The Hall–Kier alpha value is -0.600. The first-order valence-corrected chi connectivity index (χ1v) is 6.18. The molecule has 0 fully saturated rings. The summed E-state index contributed by atoms with van der Waals surface area (Å²) < 4.78 is 0.